The molecule has 0 aromatic heterocycles. The van der Waals surface area contributed by atoms with Crippen LogP contribution in [0.2, 0.25) is 0 Å². The maximum absolute atomic E-state index is 8.49. The normalized spacial score (nSPS) is 11.5. The predicted molar refractivity (Wildman–Crippen MR) is 270 cm³/mol. The van der Waals surface area contributed by atoms with Crippen molar-refractivity contribution in [3.8, 4) is 23.0 Å². The molecule has 0 N–H and O–H groups in total. The number of rotatable bonds is 12. The number of hydrogen-bond acceptors (Lipinski definition) is 14. The summed E-state index contributed by atoms with van der Waals surface area (Å²) in [4.78, 5) is 8.28. The Hall–Kier alpha value is -4.82. The van der Waals surface area contributed by atoms with E-state index in [9.17, 15) is 0 Å². The Kier molecular flexibility index (Phi) is 23.5. The van der Waals surface area contributed by atoms with Crippen molar-refractivity contribution in [1.29, 1.82) is 0 Å². The number of benzene rings is 8. The van der Waals surface area contributed by atoms with E-state index in [2.05, 4.69) is 229 Å². The Labute approximate surface area is 490 Å². The van der Waals surface area contributed by atoms with Crippen molar-refractivity contribution in [2.24, 2.45) is 0 Å². The summed E-state index contributed by atoms with van der Waals surface area (Å²) >= 11 is -0.373. The average molecular weight is 1300 g/mol. The Morgan fingerprint density at radius 2 is 0.438 bits per heavy atom. The fourth-order valence-corrected chi connectivity index (χ4v) is 16.8. The lowest BCUT2D eigenvalue weighted by atomic mass is 10.1. The van der Waals surface area contributed by atoms with Gasteiger partial charge >= 0.3 is 21.2 Å². The Morgan fingerprint density at radius 1 is 0.275 bits per heavy atom. The van der Waals surface area contributed by atoms with Crippen molar-refractivity contribution in [3.63, 3.8) is 0 Å². The molecule has 8 aromatic carbocycles. The van der Waals surface area contributed by atoms with Gasteiger partial charge in [-0.3, -0.25) is 0 Å². The number of halogens is 4. The zero-order chi connectivity index (χ0) is 59.6. The van der Waals surface area contributed by atoms with Gasteiger partial charge in [0.2, 0.25) is 0 Å². The lowest BCUT2D eigenvalue weighted by Gasteiger charge is -2.17. The highest BCUT2D eigenvalue weighted by Crippen LogP contribution is 2.42. The van der Waals surface area contributed by atoms with Gasteiger partial charge in [0.25, 0.3) is 0 Å². The Balaban J connectivity index is 0.000000694. The first-order valence-electron chi connectivity index (χ1n) is 24.2. The van der Waals surface area contributed by atoms with E-state index in [-0.39, 0.29) is 43.0 Å². The molecule has 0 unspecified atom stereocenters. The van der Waals surface area contributed by atoms with Gasteiger partial charge in [-0.1, -0.05) is 70.8 Å². The Bertz CT molecular complexity index is 2910. The minimum absolute atomic E-state index is 0.246. The van der Waals surface area contributed by atoms with Crippen LogP contribution >= 0.6 is 0 Å². The minimum Gasteiger partial charge on any atom is -0.457 e. The number of aryl methyl sites for hydroxylation is 12. The van der Waals surface area contributed by atoms with Crippen molar-refractivity contribution in [2.45, 2.75) is 112 Å². The third-order valence-corrected chi connectivity index (χ3v) is 20.1. The first-order chi connectivity index (χ1) is 37.1. The van der Waals surface area contributed by atoms with Gasteiger partial charge in [0.1, 0.15) is 44.8 Å². The van der Waals surface area contributed by atoms with Gasteiger partial charge in [-0.25, -0.2) is 55.9 Å². The molecule has 0 saturated heterocycles. The molecule has 8 rings (SSSR count). The van der Waals surface area contributed by atoms with Crippen LogP contribution in [0.1, 0.15) is 66.8 Å². The predicted octanol–water partition coefficient (Wildman–Crippen LogP) is -0.977. The van der Waals surface area contributed by atoms with E-state index in [4.69, 9.17) is 65.4 Å². The summed E-state index contributed by atoms with van der Waals surface area (Å²) in [5.74, 6) is 3.37. The van der Waals surface area contributed by atoms with Gasteiger partial charge in [0.05, 0.1) is 0 Å². The van der Waals surface area contributed by atoms with Crippen LogP contribution in [0.3, 0.4) is 0 Å². The molecule has 0 atom stereocenters. The van der Waals surface area contributed by atoms with Gasteiger partial charge in [-0.2, -0.15) is 0 Å². The van der Waals surface area contributed by atoms with Gasteiger partial charge in [-0.15, -0.1) is 30.7 Å². The van der Waals surface area contributed by atoms with Crippen LogP contribution in [0.5, 0.6) is 23.0 Å². The van der Waals surface area contributed by atoms with Gasteiger partial charge in [-0.05, 0) is 180 Å². The third kappa shape index (κ3) is 20.9. The van der Waals surface area contributed by atoms with Crippen LogP contribution in [0.4, 0.5) is 0 Å². The number of hydrogen-bond donors (Lipinski definition) is 0. The molecular formula is C60H60Cl3IO14S2. The van der Waals surface area contributed by atoms with E-state index in [0.29, 0.717) is 0 Å². The maximum atomic E-state index is 8.49. The van der Waals surface area contributed by atoms with Gasteiger partial charge in [0, 0.05) is 44.5 Å². The van der Waals surface area contributed by atoms with Crippen LogP contribution in [0, 0.1) is 121 Å². The molecule has 14 nitrogen and oxygen atoms in total. The molecular weight excluding hydrogens is 1240 g/mol. The molecule has 0 bridgehead atoms. The molecule has 424 valence electrons. The molecule has 0 aliphatic rings. The van der Waals surface area contributed by atoms with Crippen molar-refractivity contribution < 1.29 is 117 Å². The summed E-state index contributed by atoms with van der Waals surface area (Å²) < 4.78 is 117. The summed E-state index contributed by atoms with van der Waals surface area (Å²) in [5, 5.41) is 0. The van der Waals surface area contributed by atoms with Gasteiger partial charge in [0.15, 0.2) is 36.5 Å². The highest BCUT2D eigenvalue weighted by atomic mass is 127. The SMILES string of the molecule is Cc1cc(C)c([S+](c2ccc(Oc3ccc([I+]c4ccc(Oc5ccc([S+](c6c(C)cc(C)cc6C)c6c(C)cc(C)cc6C)cc5)cc4)cc3)cc2)c2c(C)cc(C)cc2C)c(C)c1.[O-][Cl+3]([O-])([O-])[O-].[O-][Cl+3]([O-])([O-])[O-].[O-][Cl+3]([O-])([O-])[O-]. The van der Waals surface area contributed by atoms with Crippen molar-refractivity contribution in [1.82, 2.24) is 0 Å². The molecule has 8 aromatic rings. The molecule has 0 spiro atoms. The van der Waals surface area contributed by atoms with Crippen LogP contribution in [-0.2, 0) is 21.8 Å². The third-order valence-electron chi connectivity index (χ3n) is 11.7. The molecule has 80 heavy (non-hydrogen) atoms. The molecule has 0 aliphatic heterocycles. The monoisotopic (exact) mass is 1300 g/mol. The van der Waals surface area contributed by atoms with Crippen molar-refractivity contribution in [2.75, 3.05) is 0 Å². The molecule has 0 amide bonds. The van der Waals surface area contributed by atoms with E-state index >= 15 is 0 Å². The summed E-state index contributed by atoms with van der Waals surface area (Å²) in [6.45, 7) is 26.9. The second-order valence-corrected chi connectivity index (χ2v) is 27.9. The second kappa shape index (κ2) is 28.4. The Morgan fingerprint density at radius 3 is 0.613 bits per heavy atom. The first-order valence-corrected chi connectivity index (χ1v) is 32.5. The summed E-state index contributed by atoms with van der Waals surface area (Å²) in [6.07, 6.45) is 0. The highest BCUT2D eigenvalue weighted by Gasteiger charge is 2.37. The molecule has 20 heteroatoms. The van der Waals surface area contributed by atoms with E-state index in [1.54, 1.807) is 0 Å². The fraction of sp³-hybridized carbons (Fsp3) is 0.200. The molecule has 0 fully saturated rings. The molecule has 0 radical (unpaired) electrons. The lowest BCUT2D eigenvalue weighted by Crippen LogP contribution is -3.61. The van der Waals surface area contributed by atoms with E-state index < -0.39 is 30.7 Å². The summed E-state index contributed by atoms with van der Waals surface area (Å²) in [5.41, 5.74) is 16.0. The standard InChI is InChI=1S/C60H60IO2S2.3ClHO4/c1-37-29-41(5)57(42(6)30-37)64(58-43(7)31-38(2)32-44(58)8)55-25-21-53(22-26-55)62-51-17-13-49(14-18-51)61-50-15-19-52(20-16-50)63-54-23-27-56(28-24-54)65(59-45(9)33-39(3)34-46(59)10)60-47(11)35-40(4)36-48(60)12;3*2-1(3,4)5/h13-36H,1-12H3;3*(H,2,3,4,5)/q+3;;;/p-3. The zero-order valence-corrected chi connectivity index (χ0v) is 52.0. The van der Waals surface area contributed by atoms with Crippen LogP contribution in [0.15, 0.2) is 175 Å². The second-order valence-electron chi connectivity index (χ2n) is 18.8. The van der Waals surface area contributed by atoms with E-state index in [1.165, 1.54) is 103 Å². The van der Waals surface area contributed by atoms with Crippen LogP contribution in [0.25, 0.3) is 0 Å². The minimum atomic E-state index is -4.94. The van der Waals surface area contributed by atoms with Gasteiger partial charge < -0.3 is 9.47 Å². The fourth-order valence-electron chi connectivity index (χ4n) is 9.45. The van der Waals surface area contributed by atoms with E-state index in [0.717, 1.165) is 23.0 Å². The average Bonchev–Trinajstić information content (AvgIpc) is 3.30. The lowest BCUT2D eigenvalue weighted by molar-refractivity contribution is -2.00. The number of ether oxygens (including phenoxy) is 2. The van der Waals surface area contributed by atoms with Crippen LogP contribution < -0.4 is 86.6 Å². The molecule has 0 heterocycles. The van der Waals surface area contributed by atoms with E-state index in [1.807, 2.05) is 0 Å². The van der Waals surface area contributed by atoms with Crippen LogP contribution in [-0.4, -0.2) is 0 Å². The highest BCUT2D eigenvalue weighted by molar-refractivity contribution is 7.97. The first kappa shape index (κ1) is 66.0. The zero-order valence-electron chi connectivity index (χ0n) is 45.9. The largest absolute Gasteiger partial charge is 0.457 e. The topological polar surface area (TPSA) is 295 Å². The summed E-state index contributed by atoms with van der Waals surface area (Å²) in [6, 6.07) is 53.4. The molecule has 0 saturated carbocycles. The summed E-state index contributed by atoms with van der Waals surface area (Å²) in [7, 11) is -15.3. The maximum Gasteiger partial charge on any atom is 0.357 e. The van der Waals surface area contributed by atoms with Crippen molar-refractivity contribution in [3.05, 3.63) is 219 Å². The smallest absolute Gasteiger partial charge is 0.357 e. The molecule has 0 aliphatic carbocycles. The quantitative estimate of drug-likeness (QED) is 0.105. The van der Waals surface area contributed by atoms with Crippen molar-refractivity contribution >= 4 is 21.8 Å².